The summed E-state index contributed by atoms with van der Waals surface area (Å²) in [6.45, 7) is 0. The first-order valence-corrected chi connectivity index (χ1v) is 9.92. The second-order valence-electron chi connectivity index (χ2n) is 6.41. The van der Waals surface area contributed by atoms with E-state index >= 15 is 0 Å². The minimum absolute atomic E-state index is 0.125. The summed E-state index contributed by atoms with van der Waals surface area (Å²) in [5.74, 6) is 0. The van der Waals surface area contributed by atoms with Crippen LogP contribution in [0.15, 0.2) is 84.9 Å². The summed E-state index contributed by atoms with van der Waals surface area (Å²) in [5.41, 5.74) is 2.09. The Balaban J connectivity index is 1.73. The highest BCUT2D eigenvalue weighted by molar-refractivity contribution is 7.99. The molecule has 0 amide bonds. The number of hydrogen-bond donors (Lipinski definition) is 0. The lowest BCUT2D eigenvalue weighted by Crippen LogP contribution is -2.05. The lowest BCUT2D eigenvalue weighted by atomic mass is 10.1. The summed E-state index contributed by atoms with van der Waals surface area (Å²) in [6.07, 6.45) is 0. The molecule has 4 rings (SSSR count). The van der Waals surface area contributed by atoms with Crippen LogP contribution in [0, 0.1) is 0 Å². The monoisotopic (exact) mass is 374 g/mol. The van der Waals surface area contributed by atoms with E-state index in [9.17, 15) is 0 Å². The summed E-state index contributed by atoms with van der Waals surface area (Å²) in [5, 5.41) is 4.87. The molecule has 0 bridgehead atoms. The Morgan fingerprint density at radius 2 is 0.963 bits per heavy atom. The van der Waals surface area contributed by atoms with Gasteiger partial charge in [-0.25, -0.2) is 0 Å². The van der Waals surface area contributed by atoms with Gasteiger partial charge in [0.25, 0.3) is 0 Å². The molecule has 4 aromatic rings. The smallest absolute Gasteiger partial charge is 0.131 e. The molecular formula is C24H22O2S. The van der Waals surface area contributed by atoms with E-state index in [1.54, 1.807) is 26.0 Å². The van der Waals surface area contributed by atoms with Crippen LogP contribution in [0.3, 0.4) is 0 Å². The molecule has 0 aliphatic heterocycles. The van der Waals surface area contributed by atoms with Crippen LogP contribution in [0.1, 0.15) is 22.0 Å². The van der Waals surface area contributed by atoms with Gasteiger partial charge in [-0.2, -0.15) is 0 Å². The van der Waals surface area contributed by atoms with Gasteiger partial charge in [0.2, 0.25) is 0 Å². The predicted octanol–water partition coefficient (Wildman–Crippen LogP) is 6.72. The van der Waals surface area contributed by atoms with Crippen LogP contribution in [-0.2, 0) is 9.47 Å². The van der Waals surface area contributed by atoms with Gasteiger partial charge in [-0.1, -0.05) is 96.7 Å². The lowest BCUT2D eigenvalue weighted by molar-refractivity contribution is 0.153. The molecular weight excluding hydrogens is 352 g/mol. The van der Waals surface area contributed by atoms with Gasteiger partial charge in [-0.3, -0.25) is 0 Å². The molecule has 2 atom stereocenters. The van der Waals surface area contributed by atoms with Crippen molar-refractivity contribution in [3.8, 4) is 0 Å². The van der Waals surface area contributed by atoms with Crippen molar-refractivity contribution in [3.05, 3.63) is 96.1 Å². The molecule has 0 radical (unpaired) electrons. The second-order valence-corrected chi connectivity index (χ2v) is 7.54. The fourth-order valence-electron chi connectivity index (χ4n) is 3.54. The highest BCUT2D eigenvalue weighted by atomic mass is 32.2. The second kappa shape index (κ2) is 8.13. The van der Waals surface area contributed by atoms with Gasteiger partial charge >= 0.3 is 0 Å². The molecule has 0 aromatic heterocycles. The van der Waals surface area contributed by atoms with E-state index < -0.39 is 0 Å². The Morgan fingerprint density at radius 1 is 0.556 bits per heavy atom. The molecule has 3 heteroatoms. The van der Waals surface area contributed by atoms with Crippen molar-refractivity contribution < 1.29 is 9.47 Å². The average molecular weight is 375 g/mol. The largest absolute Gasteiger partial charge is 0.366 e. The van der Waals surface area contributed by atoms with E-state index in [2.05, 4.69) is 84.9 Å². The van der Waals surface area contributed by atoms with Crippen LogP contribution in [0.5, 0.6) is 0 Å². The van der Waals surface area contributed by atoms with Crippen molar-refractivity contribution in [2.75, 3.05) is 14.2 Å². The summed E-state index contributed by atoms with van der Waals surface area (Å²) in [4.78, 5) is 0. The Kier molecular flexibility index (Phi) is 5.44. The zero-order valence-corrected chi connectivity index (χ0v) is 16.3. The quantitative estimate of drug-likeness (QED) is 0.349. The molecule has 0 saturated carbocycles. The highest BCUT2D eigenvalue weighted by Gasteiger charge is 2.22. The number of thioether (sulfide) groups is 1. The van der Waals surface area contributed by atoms with Crippen LogP contribution >= 0.6 is 11.8 Å². The van der Waals surface area contributed by atoms with E-state index in [1.165, 1.54) is 32.7 Å². The van der Waals surface area contributed by atoms with Gasteiger partial charge in [-0.15, -0.1) is 0 Å². The van der Waals surface area contributed by atoms with Gasteiger partial charge in [-0.05, 0) is 32.7 Å². The van der Waals surface area contributed by atoms with Crippen LogP contribution in [-0.4, -0.2) is 14.2 Å². The molecule has 0 aliphatic rings. The van der Waals surface area contributed by atoms with E-state index in [1.807, 2.05) is 0 Å². The topological polar surface area (TPSA) is 18.5 Å². The Bertz CT molecular complexity index is 964. The van der Waals surface area contributed by atoms with Crippen molar-refractivity contribution in [1.29, 1.82) is 0 Å². The van der Waals surface area contributed by atoms with Crippen LogP contribution in [0.25, 0.3) is 21.5 Å². The van der Waals surface area contributed by atoms with Crippen LogP contribution in [0.4, 0.5) is 0 Å². The maximum Gasteiger partial charge on any atom is 0.131 e. The SMILES string of the molecule is COC(SC(OC)c1cccc2ccccc12)c1cccc2ccccc12. The van der Waals surface area contributed by atoms with Gasteiger partial charge in [0.15, 0.2) is 0 Å². The minimum Gasteiger partial charge on any atom is -0.366 e. The van der Waals surface area contributed by atoms with Crippen molar-refractivity contribution in [1.82, 2.24) is 0 Å². The first-order valence-electron chi connectivity index (χ1n) is 8.98. The Hall–Kier alpha value is -2.33. The molecule has 2 nitrogen and oxygen atoms in total. The van der Waals surface area contributed by atoms with E-state index in [-0.39, 0.29) is 10.9 Å². The van der Waals surface area contributed by atoms with Gasteiger partial charge in [0.05, 0.1) is 0 Å². The molecule has 0 fully saturated rings. The minimum atomic E-state index is -0.125. The Labute approximate surface area is 164 Å². The standard InChI is InChI=1S/C24H22O2S/c1-25-23(21-15-7-11-17-9-3-5-13-19(17)21)27-24(26-2)22-16-8-12-18-10-4-6-14-20(18)22/h3-16,23-24H,1-2H3. The van der Waals surface area contributed by atoms with Crippen molar-refractivity contribution in [3.63, 3.8) is 0 Å². The number of benzene rings is 4. The zero-order chi connectivity index (χ0) is 18.6. The van der Waals surface area contributed by atoms with Gasteiger partial charge < -0.3 is 9.47 Å². The van der Waals surface area contributed by atoms with Crippen molar-refractivity contribution in [2.24, 2.45) is 0 Å². The van der Waals surface area contributed by atoms with Crippen LogP contribution in [0.2, 0.25) is 0 Å². The number of fused-ring (bicyclic) bond motifs is 2. The molecule has 0 heterocycles. The number of ether oxygens (including phenoxy) is 2. The van der Waals surface area contributed by atoms with E-state index in [0.29, 0.717) is 0 Å². The van der Waals surface area contributed by atoms with Gasteiger partial charge in [0.1, 0.15) is 10.9 Å². The third-order valence-electron chi connectivity index (χ3n) is 4.83. The number of rotatable bonds is 6. The normalized spacial score (nSPS) is 13.7. The average Bonchev–Trinajstić information content (AvgIpc) is 2.74. The van der Waals surface area contributed by atoms with E-state index in [4.69, 9.17) is 9.47 Å². The first-order chi connectivity index (χ1) is 13.3. The maximum absolute atomic E-state index is 5.89. The molecule has 2 unspecified atom stereocenters. The predicted molar refractivity (Wildman–Crippen MR) is 115 cm³/mol. The fourth-order valence-corrected chi connectivity index (χ4v) is 4.69. The summed E-state index contributed by atoms with van der Waals surface area (Å²) >= 11 is 1.68. The molecule has 27 heavy (non-hydrogen) atoms. The van der Waals surface area contributed by atoms with Crippen molar-refractivity contribution in [2.45, 2.75) is 10.9 Å². The van der Waals surface area contributed by atoms with Crippen molar-refractivity contribution >= 4 is 33.3 Å². The summed E-state index contributed by atoms with van der Waals surface area (Å²) < 4.78 is 11.8. The lowest BCUT2D eigenvalue weighted by Gasteiger charge is -2.24. The van der Waals surface area contributed by atoms with Gasteiger partial charge in [0, 0.05) is 14.2 Å². The summed E-state index contributed by atoms with van der Waals surface area (Å²) in [6, 6.07) is 29.6. The molecule has 0 saturated heterocycles. The summed E-state index contributed by atoms with van der Waals surface area (Å²) in [7, 11) is 3.52. The first kappa shape index (κ1) is 18.1. The number of hydrogen-bond acceptors (Lipinski definition) is 3. The molecule has 0 spiro atoms. The fraction of sp³-hybridized carbons (Fsp3) is 0.167. The molecule has 0 N–H and O–H groups in total. The zero-order valence-electron chi connectivity index (χ0n) is 15.5. The Morgan fingerprint density at radius 3 is 1.41 bits per heavy atom. The highest BCUT2D eigenvalue weighted by Crippen LogP contribution is 2.44. The van der Waals surface area contributed by atoms with Crippen LogP contribution < -0.4 is 0 Å². The number of methoxy groups -OCH3 is 2. The third-order valence-corrected chi connectivity index (χ3v) is 6.22. The molecule has 4 aromatic carbocycles. The molecule has 136 valence electrons. The van der Waals surface area contributed by atoms with E-state index in [0.717, 1.165) is 0 Å². The maximum atomic E-state index is 5.89. The third kappa shape index (κ3) is 3.59. The molecule has 0 aliphatic carbocycles.